The Bertz CT molecular complexity index is 542. The quantitative estimate of drug-likeness (QED) is 0.842. The maximum absolute atomic E-state index is 14.0. The highest BCUT2D eigenvalue weighted by Crippen LogP contribution is 2.22. The van der Waals surface area contributed by atoms with Crippen LogP contribution in [0, 0.1) is 5.82 Å². The molecule has 0 amide bonds. The van der Waals surface area contributed by atoms with Gasteiger partial charge in [0.2, 0.25) is 0 Å². The number of para-hydroxylation sites is 1. The van der Waals surface area contributed by atoms with Crippen LogP contribution in [0.15, 0.2) is 54.6 Å². The van der Waals surface area contributed by atoms with Crippen molar-refractivity contribution in [3.8, 4) is 0 Å². The number of nitrogens with two attached hydrogens (primary N) is 1. The minimum atomic E-state index is -0.183. The van der Waals surface area contributed by atoms with Gasteiger partial charge in [-0.1, -0.05) is 42.5 Å². The maximum Gasteiger partial charge on any atom is 0.146 e. The molecule has 2 nitrogen and oxygen atoms in total. The first kappa shape index (κ1) is 15.5. The minimum Gasteiger partial charge on any atom is -0.365 e. The van der Waals surface area contributed by atoms with Crippen molar-refractivity contribution in [2.75, 3.05) is 18.0 Å². The molecule has 1 atom stereocenters. The molecule has 2 aromatic carbocycles. The van der Waals surface area contributed by atoms with Crippen molar-refractivity contribution in [2.45, 2.75) is 25.8 Å². The second kappa shape index (κ2) is 7.79. The molecule has 0 aromatic heterocycles. The average molecular weight is 286 g/mol. The van der Waals surface area contributed by atoms with Gasteiger partial charge in [-0.15, -0.1) is 0 Å². The van der Waals surface area contributed by atoms with Gasteiger partial charge in [0, 0.05) is 19.1 Å². The lowest BCUT2D eigenvalue weighted by atomic mass is 10.0. The lowest BCUT2D eigenvalue weighted by molar-refractivity contribution is 0.546. The Balaban J connectivity index is 2.09. The van der Waals surface area contributed by atoms with Crippen LogP contribution in [0.1, 0.15) is 18.9 Å². The Hall–Kier alpha value is -1.87. The highest BCUT2D eigenvalue weighted by molar-refractivity contribution is 5.48. The molecule has 0 saturated heterocycles. The van der Waals surface area contributed by atoms with Gasteiger partial charge in [-0.05, 0) is 37.5 Å². The van der Waals surface area contributed by atoms with Crippen LogP contribution in [0.4, 0.5) is 10.1 Å². The van der Waals surface area contributed by atoms with Gasteiger partial charge in [0.15, 0.2) is 0 Å². The monoisotopic (exact) mass is 286 g/mol. The first-order valence-corrected chi connectivity index (χ1v) is 7.51. The van der Waals surface area contributed by atoms with Gasteiger partial charge in [0.05, 0.1) is 5.69 Å². The molecular weight excluding hydrogens is 263 g/mol. The smallest absolute Gasteiger partial charge is 0.146 e. The number of likely N-dealkylation sites (N-methyl/N-ethyl adjacent to an activating group) is 1. The minimum absolute atomic E-state index is 0.145. The van der Waals surface area contributed by atoms with E-state index >= 15 is 0 Å². The van der Waals surface area contributed by atoms with E-state index in [9.17, 15) is 4.39 Å². The van der Waals surface area contributed by atoms with E-state index in [0.717, 1.165) is 19.4 Å². The predicted octanol–water partition coefficient (Wildman–Crippen LogP) is 3.61. The highest BCUT2D eigenvalue weighted by atomic mass is 19.1. The molecule has 0 fully saturated rings. The van der Waals surface area contributed by atoms with Crippen molar-refractivity contribution in [1.82, 2.24) is 0 Å². The lowest BCUT2D eigenvalue weighted by Crippen LogP contribution is -2.41. The number of nitrogens with zero attached hydrogens (tertiary/aromatic N) is 1. The SMILES string of the molecule is CCN(c1ccccc1F)C(CN)CCc1ccccc1. The van der Waals surface area contributed by atoms with E-state index in [0.29, 0.717) is 12.2 Å². The Morgan fingerprint density at radius 3 is 2.33 bits per heavy atom. The zero-order chi connectivity index (χ0) is 15.1. The van der Waals surface area contributed by atoms with Gasteiger partial charge in [0.1, 0.15) is 5.82 Å². The molecule has 21 heavy (non-hydrogen) atoms. The van der Waals surface area contributed by atoms with Crippen LogP contribution in [0.3, 0.4) is 0 Å². The first-order chi connectivity index (χ1) is 10.3. The molecule has 0 heterocycles. The van der Waals surface area contributed by atoms with Crippen LogP contribution in [0.5, 0.6) is 0 Å². The molecule has 0 aliphatic rings. The van der Waals surface area contributed by atoms with Crippen molar-refractivity contribution in [3.63, 3.8) is 0 Å². The van der Waals surface area contributed by atoms with Crippen LogP contribution >= 0.6 is 0 Å². The molecule has 1 unspecified atom stereocenters. The Morgan fingerprint density at radius 1 is 1.05 bits per heavy atom. The second-order valence-electron chi connectivity index (χ2n) is 5.15. The molecule has 112 valence electrons. The summed E-state index contributed by atoms with van der Waals surface area (Å²) in [5.74, 6) is -0.183. The molecule has 0 spiro atoms. The third-order valence-corrected chi connectivity index (χ3v) is 3.82. The van der Waals surface area contributed by atoms with E-state index in [-0.39, 0.29) is 11.9 Å². The number of hydrogen-bond acceptors (Lipinski definition) is 2. The van der Waals surface area contributed by atoms with Crippen molar-refractivity contribution >= 4 is 5.69 Å². The van der Waals surface area contributed by atoms with Crippen LogP contribution in [-0.4, -0.2) is 19.1 Å². The first-order valence-electron chi connectivity index (χ1n) is 7.51. The van der Waals surface area contributed by atoms with Crippen LogP contribution in [0.25, 0.3) is 0 Å². The van der Waals surface area contributed by atoms with Gasteiger partial charge in [-0.3, -0.25) is 0 Å². The second-order valence-corrected chi connectivity index (χ2v) is 5.15. The molecule has 0 bridgehead atoms. The summed E-state index contributed by atoms with van der Waals surface area (Å²) < 4.78 is 14.0. The van der Waals surface area contributed by atoms with E-state index in [1.54, 1.807) is 6.07 Å². The Morgan fingerprint density at radius 2 is 1.71 bits per heavy atom. The summed E-state index contributed by atoms with van der Waals surface area (Å²) in [5.41, 5.74) is 7.87. The van der Waals surface area contributed by atoms with Crippen molar-refractivity contribution in [3.05, 3.63) is 66.0 Å². The largest absolute Gasteiger partial charge is 0.365 e. The van der Waals surface area contributed by atoms with E-state index in [4.69, 9.17) is 5.73 Å². The van der Waals surface area contributed by atoms with Gasteiger partial charge in [-0.25, -0.2) is 4.39 Å². The Kier molecular flexibility index (Phi) is 5.76. The number of aryl methyl sites for hydroxylation is 1. The molecular formula is C18H23FN2. The number of anilines is 1. The van der Waals surface area contributed by atoms with E-state index in [1.165, 1.54) is 11.6 Å². The van der Waals surface area contributed by atoms with Crippen molar-refractivity contribution in [2.24, 2.45) is 5.73 Å². The van der Waals surface area contributed by atoms with Crippen molar-refractivity contribution < 1.29 is 4.39 Å². The summed E-state index contributed by atoms with van der Waals surface area (Å²) in [6.45, 7) is 3.31. The predicted molar refractivity (Wildman–Crippen MR) is 87.0 cm³/mol. The third-order valence-electron chi connectivity index (χ3n) is 3.82. The third kappa shape index (κ3) is 4.05. The van der Waals surface area contributed by atoms with Gasteiger partial charge < -0.3 is 10.6 Å². The van der Waals surface area contributed by atoms with E-state index in [1.807, 2.05) is 37.3 Å². The summed E-state index contributed by atoms with van der Waals surface area (Å²) in [7, 11) is 0. The number of benzene rings is 2. The molecule has 0 aliphatic carbocycles. The highest BCUT2D eigenvalue weighted by Gasteiger charge is 2.18. The topological polar surface area (TPSA) is 29.3 Å². The molecule has 0 aliphatic heterocycles. The fourth-order valence-electron chi connectivity index (χ4n) is 2.69. The summed E-state index contributed by atoms with van der Waals surface area (Å²) in [4.78, 5) is 2.07. The number of rotatable bonds is 7. The molecule has 2 rings (SSSR count). The van der Waals surface area contributed by atoms with Crippen LogP contribution in [0.2, 0.25) is 0 Å². The van der Waals surface area contributed by atoms with Crippen LogP contribution in [-0.2, 0) is 6.42 Å². The van der Waals surface area contributed by atoms with Gasteiger partial charge in [-0.2, -0.15) is 0 Å². The van der Waals surface area contributed by atoms with Crippen molar-refractivity contribution in [1.29, 1.82) is 0 Å². The fourth-order valence-corrected chi connectivity index (χ4v) is 2.69. The van der Waals surface area contributed by atoms with Crippen LogP contribution < -0.4 is 10.6 Å². The number of hydrogen-bond donors (Lipinski definition) is 1. The Labute approximate surface area is 126 Å². The zero-order valence-electron chi connectivity index (χ0n) is 12.5. The summed E-state index contributed by atoms with van der Waals surface area (Å²) in [6, 6.07) is 17.4. The fraction of sp³-hybridized carbons (Fsp3) is 0.333. The lowest BCUT2D eigenvalue weighted by Gasteiger charge is -2.32. The molecule has 2 N–H and O–H groups in total. The summed E-state index contributed by atoms with van der Waals surface area (Å²) >= 11 is 0. The van der Waals surface area contributed by atoms with Gasteiger partial charge in [0.25, 0.3) is 0 Å². The normalized spacial score (nSPS) is 12.1. The maximum atomic E-state index is 14.0. The summed E-state index contributed by atoms with van der Waals surface area (Å²) in [6.07, 6.45) is 1.87. The molecule has 0 saturated carbocycles. The van der Waals surface area contributed by atoms with E-state index in [2.05, 4.69) is 17.0 Å². The van der Waals surface area contributed by atoms with E-state index < -0.39 is 0 Å². The number of halogens is 1. The van der Waals surface area contributed by atoms with Gasteiger partial charge >= 0.3 is 0 Å². The molecule has 0 radical (unpaired) electrons. The standard InChI is InChI=1S/C18H23FN2/c1-2-21(18-11-7-6-10-17(18)19)16(14-20)13-12-15-8-4-3-5-9-15/h3-11,16H,2,12-14,20H2,1H3. The zero-order valence-corrected chi connectivity index (χ0v) is 12.5. The molecule has 3 heteroatoms. The molecule has 2 aromatic rings. The average Bonchev–Trinajstić information content (AvgIpc) is 2.53. The summed E-state index contributed by atoms with van der Waals surface area (Å²) in [5, 5.41) is 0.